The first-order chi connectivity index (χ1) is 7.22. The van der Waals surface area contributed by atoms with Gasteiger partial charge in [0.05, 0.1) is 5.69 Å². The largest absolute Gasteiger partial charge is 0.337 e. The Balaban J connectivity index is 2.61. The van der Waals surface area contributed by atoms with Gasteiger partial charge >= 0.3 is 0 Å². The number of H-pyrrole nitrogens is 1. The van der Waals surface area contributed by atoms with E-state index in [1.807, 2.05) is 31.1 Å². The van der Waals surface area contributed by atoms with Gasteiger partial charge in [0.2, 0.25) is 0 Å². The van der Waals surface area contributed by atoms with Crippen LogP contribution in [0.2, 0.25) is 0 Å². The summed E-state index contributed by atoms with van der Waals surface area (Å²) in [6, 6.07) is 3.86. The molecule has 0 spiro atoms. The SMILES string of the molecule is CN(C)Cc1c(C=O)[nH]c2ncccc12. The van der Waals surface area contributed by atoms with E-state index in [1.165, 1.54) is 0 Å². The summed E-state index contributed by atoms with van der Waals surface area (Å²) in [6.07, 6.45) is 2.56. The van der Waals surface area contributed by atoms with E-state index in [1.54, 1.807) is 6.20 Å². The van der Waals surface area contributed by atoms with Crippen molar-refractivity contribution < 1.29 is 4.79 Å². The summed E-state index contributed by atoms with van der Waals surface area (Å²) in [5.74, 6) is 0. The number of aromatic amines is 1. The van der Waals surface area contributed by atoms with E-state index in [4.69, 9.17) is 0 Å². The van der Waals surface area contributed by atoms with Gasteiger partial charge in [-0.25, -0.2) is 4.98 Å². The second kappa shape index (κ2) is 3.82. The molecule has 1 N–H and O–H groups in total. The maximum Gasteiger partial charge on any atom is 0.166 e. The summed E-state index contributed by atoms with van der Waals surface area (Å²) >= 11 is 0. The van der Waals surface area contributed by atoms with Gasteiger partial charge < -0.3 is 9.88 Å². The van der Waals surface area contributed by atoms with Crippen LogP contribution in [-0.2, 0) is 6.54 Å². The minimum absolute atomic E-state index is 0.623. The van der Waals surface area contributed by atoms with Crippen molar-refractivity contribution in [1.82, 2.24) is 14.9 Å². The molecular formula is C11H13N3O. The molecule has 0 aromatic carbocycles. The average Bonchev–Trinajstić information content (AvgIpc) is 2.56. The van der Waals surface area contributed by atoms with Crippen LogP contribution in [-0.4, -0.2) is 35.2 Å². The molecule has 0 atom stereocenters. The van der Waals surface area contributed by atoms with Crippen LogP contribution in [0.25, 0.3) is 11.0 Å². The molecule has 15 heavy (non-hydrogen) atoms. The number of aromatic nitrogens is 2. The molecule has 0 aliphatic carbocycles. The molecule has 0 unspecified atom stereocenters. The summed E-state index contributed by atoms with van der Waals surface area (Å²) in [7, 11) is 3.95. The Labute approximate surface area is 87.9 Å². The third-order valence-corrected chi connectivity index (χ3v) is 2.30. The predicted octanol–water partition coefficient (Wildman–Crippen LogP) is 1.44. The van der Waals surface area contributed by atoms with Crippen molar-refractivity contribution in [3.8, 4) is 0 Å². The second-order valence-corrected chi connectivity index (χ2v) is 3.77. The zero-order valence-corrected chi connectivity index (χ0v) is 8.82. The van der Waals surface area contributed by atoms with Gasteiger partial charge in [0.1, 0.15) is 5.65 Å². The molecule has 2 aromatic heterocycles. The van der Waals surface area contributed by atoms with Gasteiger partial charge in [-0.2, -0.15) is 0 Å². The number of carbonyl (C=O) groups excluding carboxylic acids is 1. The van der Waals surface area contributed by atoms with Gasteiger partial charge in [-0.05, 0) is 26.2 Å². The summed E-state index contributed by atoms with van der Waals surface area (Å²) in [6.45, 7) is 0.736. The molecule has 0 bridgehead atoms. The van der Waals surface area contributed by atoms with E-state index in [0.29, 0.717) is 5.69 Å². The highest BCUT2D eigenvalue weighted by Gasteiger charge is 2.11. The first kappa shape index (κ1) is 9.86. The lowest BCUT2D eigenvalue weighted by Gasteiger charge is -2.08. The minimum atomic E-state index is 0.623. The zero-order chi connectivity index (χ0) is 10.8. The normalized spacial score (nSPS) is 11.1. The molecule has 0 saturated carbocycles. The average molecular weight is 203 g/mol. The fourth-order valence-corrected chi connectivity index (χ4v) is 1.68. The van der Waals surface area contributed by atoms with Crippen molar-refractivity contribution in [2.45, 2.75) is 6.54 Å². The number of nitrogens with one attached hydrogen (secondary N) is 1. The molecular weight excluding hydrogens is 190 g/mol. The smallest absolute Gasteiger partial charge is 0.166 e. The van der Waals surface area contributed by atoms with E-state index in [9.17, 15) is 4.79 Å². The molecule has 0 radical (unpaired) electrons. The lowest BCUT2D eigenvalue weighted by molar-refractivity contribution is 0.111. The van der Waals surface area contributed by atoms with Crippen LogP contribution in [0.15, 0.2) is 18.3 Å². The van der Waals surface area contributed by atoms with Gasteiger partial charge in [0.25, 0.3) is 0 Å². The van der Waals surface area contributed by atoms with E-state index in [2.05, 4.69) is 9.97 Å². The molecule has 4 heteroatoms. The van der Waals surface area contributed by atoms with Crippen molar-refractivity contribution in [3.05, 3.63) is 29.6 Å². The lowest BCUT2D eigenvalue weighted by atomic mass is 10.1. The number of carbonyl (C=O) groups is 1. The molecule has 0 aliphatic heterocycles. The van der Waals surface area contributed by atoms with Crippen LogP contribution in [0.4, 0.5) is 0 Å². The minimum Gasteiger partial charge on any atom is -0.337 e. The first-order valence-electron chi connectivity index (χ1n) is 4.78. The number of hydrogen-bond donors (Lipinski definition) is 1. The topological polar surface area (TPSA) is 49.0 Å². The summed E-state index contributed by atoms with van der Waals surface area (Å²) in [4.78, 5) is 20.1. The molecule has 2 rings (SSSR count). The molecule has 2 heterocycles. The number of rotatable bonds is 3. The number of hydrogen-bond acceptors (Lipinski definition) is 3. The Morgan fingerprint density at radius 2 is 2.33 bits per heavy atom. The highest BCUT2D eigenvalue weighted by Crippen LogP contribution is 2.20. The van der Waals surface area contributed by atoms with Crippen LogP contribution in [0.1, 0.15) is 16.1 Å². The lowest BCUT2D eigenvalue weighted by Crippen LogP contribution is -2.11. The first-order valence-corrected chi connectivity index (χ1v) is 4.78. The number of nitrogens with zero attached hydrogens (tertiary/aromatic N) is 2. The summed E-state index contributed by atoms with van der Waals surface area (Å²) < 4.78 is 0. The summed E-state index contributed by atoms with van der Waals surface area (Å²) in [5, 5.41) is 1.02. The highest BCUT2D eigenvalue weighted by atomic mass is 16.1. The van der Waals surface area contributed by atoms with Gasteiger partial charge in [0.15, 0.2) is 6.29 Å². The van der Waals surface area contributed by atoms with Gasteiger partial charge in [-0.3, -0.25) is 4.79 Å². The maximum absolute atomic E-state index is 10.9. The third kappa shape index (κ3) is 1.76. The Hall–Kier alpha value is -1.68. The van der Waals surface area contributed by atoms with Gasteiger partial charge in [0, 0.05) is 23.7 Å². The number of pyridine rings is 1. The Morgan fingerprint density at radius 1 is 1.53 bits per heavy atom. The highest BCUT2D eigenvalue weighted by molar-refractivity contribution is 5.90. The standard InChI is InChI=1S/C11H13N3O/c1-14(2)6-9-8-4-3-5-12-11(8)13-10(9)7-15/h3-5,7H,6H2,1-2H3,(H,12,13). The van der Waals surface area contributed by atoms with Crippen LogP contribution >= 0.6 is 0 Å². The van der Waals surface area contributed by atoms with E-state index < -0.39 is 0 Å². The van der Waals surface area contributed by atoms with Crippen molar-refractivity contribution in [2.24, 2.45) is 0 Å². The number of fused-ring (bicyclic) bond motifs is 1. The fourth-order valence-electron chi connectivity index (χ4n) is 1.68. The molecule has 0 amide bonds. The van der Waals surface area contributed by atoms with E-state index in [-0.39, 0.29) is 0 Å². The second-order valence-electron chi connectivity index (χ2n) is 3.77. The molecule has 0 aliphatic rings. The Bertz CT molecular complexity index is 488. The predicted molar refractivity (Wildman–Crippen MR) is 58.9 cm³/mol. The summed E-state index contributed by atoms with van der Waals surface area (Å²) in [5.41, 5.74) is 2.41. The van der Waals surface area contributed by atoms with Gasteiger partial charge in [-0.1, -0.05) is 0 Å². The van der Waals surface area contributed by atoms with Crippen LogP contribution in [0.3, 0.4) is 0 Å². The fraction of sp³-hybridized carbons (Fsp3) is 0.273. The number of aldehydes is 1. The van der Waals surface area contributed by atoms with Crippen LogP contribution in [0.5, 0.6) is 0 Å². The van der Waals surface area contributed by atoms with Crippen molar-refractivity contribution >= 4 is 17.3 Å². The van der Waals surface area contributed by atoms with Crippen molar-refractivity contribution in [3.63, 3.8) is 0 Å². The zero-order valence-electron chi connectivity index (χ0n) is 8.82. The Kier molecular flexibility index (Phi) is 2.51. The van der Waals surface area contributed by atoms with E-state index >= 15 is 0 Å². The third-order valence-electron chi connectivity index (χ3n) is 2.30. The van der Waals surface area contributed by atoms with Crippen LogP contribution < -0.4 is 0 Å². The molecule has 2 aromatic rings. The van der Waals surface area contributed by atoms with Gasteiger partial charge in [-0.15, -0.1) is 0 Å². The molecule has 4 nitrogen and oxygen atoms in total. The van der Waals surface area contributed by atoms with Crippen molar-refractivity contribution in [2.75, 3.05) is 14.1 Å². The Morgan fingerprint density at radius 3 is 3.00 bits per heavy atom. The maximum atomic E-state index is 10.9. The van der Waals surface area contributed by atoms with Crippen molar-refractivity contribution in [1.29, 1.82) is 0 Å². The van der Waals surface area contributed by atoms with E-state index in [0.717, 1.165) is 29.4 Å². The molecule has 78 valence electrons. The molecule has 0 fully saturated rings. The monoisotopic (exact) mass is 203 g/mol. The quantitative estimate of drug-likeness (QED) is 0.768. The molecule has 0 saturated heterocycles. The van der Waals surface area contributed by atoms with Crippen LogP contribution in [0, 0.1) is 0 Å².